The lowest BCUT2D eigenvalue weighted by Crippen LogP contribution is -2.21. The van der Waals surface area contributed by atoms with Gasteiger partial charge in [0.05, 0.1) is 5.69 Å². The fraction of sp³-hybridized carbons (Fsp3) is 0.400. The number of rotatable bonds is 3. The van der Waals surface area contributed by atoms with E-state index in [1.807, 2.05) is 0 Å². The van der Waals surface area contributed by atoms with E-state index in [0.717, 1.165) is 30.5 Å². The van der Waals surface area contributed by atoms with Crippen molar-refractivity contribution in [3.63, 3.8) is 0 Å². The minimum atomic E-state index is -3.78. The Bertz CT molecular complexity index is 873. The molecule has 0 saturated heterocycles. The van der Waals surface area contributed by atoms with Crippen LogP contribution < -0.4 is 14.2 Å². The number of benzene rings is 1. The maximum Gasteiger partial charge on any atom is 0.266 e. The van der Waals surface area contributed by atoms with E-state index in [1.165, 1.54) is 6.07 Å². The Balaban J connectivity index is 1.75. The fourth-order valence-corrected chi connectivity index (χ4v) is 4.37. The zero-order chi connectivity index (χ0) is 16.0. The van der Waals surface area contributed by atoms with Crippen molar-refractivity contribution in [1.82, 2.24) is 9.78 Å². The van der Waals surface area contributed by atoms with Gasteiger partial charge in [-0.3, -0.25) is 9.40 Å². The van der Waals surface area contributed by atoms with Gasteiger partial charge in [-0.05, 0) is 31.4 Å². The van der Waals surface area contributed by atoms with Crippen LogP contribution in [0, 0.1) is 0 Å². The van der Waals surface area contributed by atoms with Crippen molar-refractivity contribution in [2.45, 2.75) is 24.2 Å². The number of hydrogen-bond acceptors (Lipinski definition) is 5. The molecular weight excluding hydrogens is 318 g/mol. The predicted molar refractivity (Wildman–Crippen MR) is 83.5 cm³/mol. The fourth-order valence-electron chi connectivity index (χ4n) is 3.09. The molecule has 2 aliphatic rings. The van der Waals surface area contributed by atoms with Gasteiger partial charge in [-0.15, -0.1) is 0 Å². The highest BCUT2D eigenvalue weighted by atomic mass is 32.2. The van der Waals surface area contributed by atoms with E-state index in [0.29, 0.717) is 24.8 Å². The largest absolute Gasteiger partial charge is 0.486 e. The molecule has 2 heterocycles. The molecule has 1 aliphatic heterocycles. The second kappa shape index (κ2) is 5.16. The first-order chi connectivity index (χ1) is 11.1. The Labute approximate surface area is 134 Å². The second-order valence-corrected chi connectivity index (χ2v) is 7.29. The van der Waals surface area contributed by atoms with Crippen molar-refractivity contribution < 1.29 is 17.9 Å². The molecule has 4 rings (SSSR count). The van der Waals surface area contributed by atoms with E-state index >= 15 is 0 Å². The van der Waals surface area contributed by atoms with E-state index in [9.17, 15) is 8.42 Å². The Hall–Kier alpha value is -2.22. The summed E-state index contributed by atoms with van der Waals surface area (Å²) >= 11 is 0. The first-order valence-corrected chi connectivity index (χ1v) is 9.01. The Kier molecular flexibility index (Phi) is 3.22. The molecule has 8 heteroatoms. The van der Waals surface area contributed by atoms with Gasteiger partial charge in [0.25, 0.3) is 10.0 Å². The van der Waals surface area contributed by atoms with Gasteiger partial charge in [-0.2, -0.15) is 5.10 Å². The number of anilines is 1. The third-order valence-electron chi connectivity index (χ3n) is 4.12. The quantitative estimate of drug-likeness (QED) is 0.919. The summed E-state index contributed by atoms with van der Waals surface area (Å²) in [4.78, 5) is 0.0858. The zero-order valence-electron chi connectivity index (χ0n) is 12.7. The van der Waals surface area contributed by atoms with Gasteiger partial charge in [-0.1, -0.05) is 6.07 Å². The van der Waals surface area contributed by atoms with E-state index < -0.39 is 10.0 Å². The molecule has 0 amide bonds. The molecular formula is C15H17N3O4S. The minimum Gasteiger partial charge on any atom is -0.486 e. The number of sulfonamides is 1. The highest BCUT2D eigenvalue weighted by molar-refractivity contribution is 7.92. The smallest absolute Gasteiger partial charge is 0.266 e. The van der Waals surface area contributed by atoms with Crippen LogP contribution >= 0.6 is 0 Å². The number of fused-ring (bicyclic) bond motifs is 2. The summed E-state index contributed by atoms with van der Waals surface area (Å²) in [5, 5.41) is 4.39. The molecule has 1 aromatic heterocycles. The number of ether oxygens (including phenoxy) is 2. The monoisotopic (exact) mass is 335 g/mol. The van der Waals surface area contributed by atoms with Gasteiger partial charge >= 0.3 is 0 Å². The summed E-state index contributed by atoms with van der Waals surface area (Å²) in [6.45, 7) is 0.750. The van der Waals surface area contributed by atoms with Gasteiger partial charge in [0, 0.05) is 12.6 Å². The molecule has 1 aliphatic carbocycles. The zero-order valence-corrected chi connectivity index (χ0v) is 13.5. The summed E-state index contributed by atoms with van der Waals surface area (Å²) in [5.74, 6) is 1.26. The first-order valence-electron chi connectivity index (χ1n) is 7.52. The van der Waals surface area contributed by atoms with E-state index in [-0.39, 0.29) is 10.6 Å². The molecule has 0 unspecified atom stereocenters. The van der Waals surface area contributed by atoms with Crippen LogP contribution in [-0.4, -0.2) is 31.4 Å². The van der Waals surface area contributed by atoms with E-state index in [2.05, 4.69) is 9.82 Å². The van der Waals surface area contributed by atoms with Crippen molar-refractivity contribution in [1.29, 1.82) is 0 Å². The average Bonchev–Trinajstić information content (AvgIpc) is 3.09. The molecule has 0 bridgehead atoms. The SMILES string of the molecule is Cn1nc2c(c1NS(=O)(=O)c1cccc3c1OCCO3)CCC2. The predicted octanol–water partition coefficient (Wildman–Crippen LogP) is 1.48. The highest BCUT2D eigenvalue weighted by Crippen LogP contribution is 2.38. The van der Waals surface area contributed by atoms with Crippen molar-refractivity contribution in [3.8, 4) is 11.5 Å². The number of hydrogen-bond donors (Lipinski definition) is 1. The van der Waals surface area contributed by atoms with Crippen molar-refractivity contribution in [3.05, 3.63) is 29.5 Å². The molecule has 0 spiro atoms. The minimum absolute atomic E-state index is 0.0858. The van der Waals surface area contributed by atoms with Crippen LogP contribution in [0.1, 0.15) is 17.7 Å². The lowest BCUT2D eigenvalue weighted by atomic mass is 10.3. The van der Waals surface area contributed by atoms with Crippen molar-refractivity contribution >= 4 is 15.8 Å². The molecule has 0 saturated carbocycles. The first kappa shape index (κ1) is 14.4. The molecule has 0 fully saturated rings. The number of aromatic nitrogens is 2. The summed E-state index contributed by atoms with van der Waals surface area (Å²) in [6.07, 6.45) is 2.74. The van der Waals surface area contributed by atoms with Crippen molar-refractivity contribution in [2.75, 3.05) is 17.9 Å². The highest BCUT2D eigenvalue weighted by Gasteiger charge is 2.29. The molecule has 0 atom stereocenters. The van der Waals surface area contributed by atoms with Crippen LogP contribution in [0.5, 0.6) is 11.5 Å². The summed E-state index contributed by atoms with van der Waals surface area (Å²) in [6, 6.07) is 4.87. The molecule has 0 radical (unpaired) electrons. The lowest BCUT2D eigenvalue weighted by molar-refractivity contribution is 0.167. The summed E-state index contributed by atoms with van der Waals surface area (Å²) in [5.41, 5.74) is 1.96. The second-order valence-electron chi connectivity index (χ2n) is 5.64. The van der Waals surface area contributed by atoms with Crippen molar-refractivity contribution in [2.24, 2.45) is 7.05 Å². The maximum absolute atomic E-state index is 12.8. The molecule has 1 N–H and O–H groups in total. The van der Waals surface area contributed by atoms with Gasteiger partial charge < -0.3 is 9.47 Å². The topological polar surface area (TPSA) is 82.5 Å². The number of nitrogens with zero attached hydrogens (tertiary/aromatic N) is 2. The van der Waals surface area contributed by atoms with Gasteiger partial charge in [0.15, 0.2) is 11.5 Å². The lowest BCUT2D eigenvalue weighted by Gasteiger charge is -2.21. The summed E-state index contributed by atoms with van der Waals surface area (Å²) < 4.78 is 40.9. The third-order valence-corrected chi connectivity index (χ3v) is 5.48. The molecule has 23 heavy (non-hydrogen) atoms. The average molecular weight is 335 g/mol. The Morgan fingerprint density at radius 3 is 2.91 bits per heavy atom. The Morgan fingerprint density at radius 2 is 2.04 bits per heavy atom. The third kappa shape index (κ3) is 2.33. The van der Waals surface area contributed by atoms with Crippen LogP contribution in [0.2, 0.25) is 0 Å². The van der Waals surface area contributed by atoms with Gasteiger partial charge in [-0.25, -0.2) is 8.42 Å². The molecule has 122 valence electrons. The molecule has 2 aromatic rings. The Morgan fingerprint density at radius 1 is 1.22 bits per heavy atom. The van der Waals surface area contributed by atoms with Crippen LogP contribution in [0.25, 0.3) is 0 Å². The van der Waals surface area contributed by atoms with Gasteiger partial charge in [0.2, 0.25) is 0 Å². The summed E-state index contributed by atoms with van der Waals surface area (Å²) in [7, 11) is -2.04. The van der Waals surface area contributed by atoms with Gasteiger partial charge in [0.1, 0.15) is 23.9 Å². The number of aryl methyl sites for hydroxylation is 2. The standard InChI is InChI=1S/C15H17N3O4S/c1-18-15(10-4-2-5-11(10)16-18)17-23(19,20)13-7-3-6-12-14(13)22-9-8-21-12/h3,6-7,17H,2,4-5,8-9H2,1H3. The number of para-hydroxylation sites is 1. The maximum atomic E-state index is 12.8. The van der Waals surface area contributed by atoms with Crippen LogP contribution in [0.4, 0.5) is 5.82 Å². The molecule has 1 aromatic carbocycles. The van der Waals surface area contributed by atoms with Crippen LogP contribution in [0.15, 0.2) is 23.1 Å². The van der Waals surface area contributed by atoms with E-state index in [4.69, 9.17) is 9.47 Å². The normalized spacial score (nSPS) is 16.2. The number of nitrogens with one attached hydrogen (secondary N) is 1. The molecule has 7 nitrogen and oxygen atoms in total. The van der Waals surface area contributed by atoms with Crippen LogP contribution in [0.3, 0.4) is 0 Å². The van der Waals surface area contributed by atoms with E-state index in [1.54, 1.807) is 23.9 Å². The van der Waals surface area contributed by atoms with Crippen LogP contribution in [-0.2, 0) is 29.9 Å².